The van der Waals surface area contributed by atoms with Crippen molar-refractivity contribution in [3.05, 3.63) is 23.3 Å². The van der Waals surface area contributed by atoms with Crippen LogP contribution in [0.15, 0.2) is 23.3 Å². The number of hydrogen-bond donors (Lipinski definition) is 1. The number of nitriles is 1. The molecule has 2 aliphatic carbocycles. The quantitative estimate of drug-likeness (QED) is 0.303. The molecule has 2 rings (SSSR count). The Morgan fingerprint density at radius 1 is 1.14 bits per heavy atom. The van der Waals surface area contributed by atoms with Crippen molar-refractivity contribution in [3.8, 4) is 6.07 Å². The molecular formula is C32H49NO4. The minimum Gasteiger partial charge on any atom is -0.481 e. The Labute approximate surface area is 224 Å². The summed E-state index contributed by atoms with van der Waals surface area (Å²) in [5.41, 5.74) is -0.873. The van der Waals surface area contributed by atoms with Gasteiger partial charge in [0.1, 0.15) is 6.07 Å². The summed E-state index contributed by atoms with van der Waals surface area (Å²) < 4.78 is 0. The SMILES string of the molecule is CCC(C)(C)CC[C@@](C)(CCC(C)(C)[C@]1(C)CC[C@H]2[C@H](C)C(=O)C(C#N)=C[C@]2(C)/C1=C/C(C)=O)C(=O)O. The van der Waals surface area contributed by atoms with E-state index in [2.05, 4.69) is 54.5 Å². The molecule has 1 N–H and O–H groups in total. The molecular weight excluding hydrogens is 462 g/mol. The largest absolute Gasteiger partial charge is 0.481 e. The average molecular weight is 512 g/mol. The molecule has 0 bridgehead atoms. The van der Waals surface area contributed by atoms with Gasteiger partial charge in [-0.3, -0.25) is 14.4 Å². The van der Waals surface area contributed by atoms with Crippen LogP contribution in [-0.2, 0) is 14.4 Å². The summed E-state index contributed by atoms with van der Waals surface area (Å²) >= 11 is 0. The van der Waals surface area contributed by atoms with Crippen LogP contribution in [0.2, 0.25) is 0 Å². The Morgan fingerprint density at radius 3 is 2.19 bits per heavy atom. The molecule has 1 saturated carbocycles. The van der Waals surface area contributed by atoms with Crippen LogP contribution < -0.4 is 0 Å². The fourth-order valence-electron chi connectivity index (χ4n) is 6.73. The van der Waals surface area contributed by atoms with E-state index >= 15 is 0 Å². The number of carboxylic acids is 1. The molecule has 5 heteroatoms. The predicted octanol–water partition coefficient (Wildman–Crippen LogP) is 7.71. The zero-order valence-corrected chi connectivity index (χ0v) is 24.9. The first-order valence-corrected chi connectivity index (χ1v) is 13.9. The summed E-state index contributed by atoms with van der Waals surface area (Å²) in [5.74, 6) is -1.18. The number of Topliss-reactive ketones (excluding diaryl/α,β-unsaturated/α-hetero) is 1. The number of carbonyl (C=O) groups is 3. The molecule has 0 spiro atoms. The second-order valence-corrected chi connectivity index (χ2v) is 14.0. The van der Waals surface area contributed by atoms with Gasteiger partial charge in [0.2, 0.25) is 0 Å². The van der Waals surface area contributed by atoms with Gasteiger partial charge in [0.15, 0.2) is 11.6 Å². The molecule has 0 heterocycles. The van der Waals surface area contributed by atoms with Gasteiger partial charge in [0, 0.05) is 11.3 Å². The highest BCUT2D eigenvalue weighted by Gasteiger charge is 2.58. The summed E-state index contributed by atoms with van der Waals surface area (Å²) in [7, 11) is 0. The second kappa shape index (κ2) is 10.5. The lowest BCUT2D eigenvalue weighted by Crippen LogP contribution is -2.52. The van der Waals surface area contributed by atoms with E-state index in [0.29, 0.717) is 19.3 Å². The van der Waals surface area contributed by atoms with Gasteiger partial charge < -0.3 is 5.11 Å². The second-order valence-electron chi connectivity index (χ2n) is 14.0. The first-order valence-electron chi connectivity index (χ1n) is 13.9. The molecule has 0 aromatic carbocycles. The van der Waals surface area contributed by atoms with Gasteiger partial charge in [-0.15, -0.1) is 0 Å². The number of ketones is 2. The number of nitrogens with zero attached hydrogens (tertiary/aromatic N) is 1. The number of allylic oxidation sites excluding steroid dienone is 4. The van der Waals surface area contributed by atoms with Gasteiger partial charge in [-0.25, -0.2) is 0 Å². The third-order valence-electron chi connectivity index (χ3n) is 10.7. The molecule has 37 heavy (non-hydrogen) atoms. The smallest absolute Gasteiger partial charge is 0.309 e. The summed E-state index contributed by atoms with van der Waals surface area (Å²) in [5, 5.41) is 19.9. The van der Waals surface area contributed by atoms with Crippen LogP contribution in [0.3, 0.4) is 0 Å². The molecule has 5 atom stereocenters. The lowest BCUT2D eigenvalue weighted by Gasteiger charge is -2.59. The summed E-state index contributed by atoms with van der Waals surface area (Å²) in [4.78, 5) is 37.8. The van der Waals surface area contributed by atoms with Crippen molar-refractivity contribution in [2.24, 2.45) is 38.9 Å². The molecule has 0 aromatic heterocycles. The van der Waals surface area contributed by atoms with Gasteiger partial charge in [-0.2, -0.15) is 5.26 Å². The molecule has 0 radical (unpaired) electrons. The maximum atomic E-state index is 12.8. The predicted molar refractivity (Wildman–Crippen MR) is 148 cm³/mol. The Kier molecular flexibility index (Phi) is 8.80. The van der Waals surface area contributed by atoms with Crippen LogP contribution in [-0.4, -0.2) is 22.6 Å². The van der Waals surface area contributed by atoms with Crippen molar-refractivity contribution in [2.75, 3.05) is 0 Å². The number of aliphatic carboxylic acids is 1. The molecule has 0 amide bonds. The van der Waals surface area contributed by atoms with Crippen LogP contribution in [0, 0.1) is 50.2 Å². The zero-order chi connectivity index (χ0) is 28.6. The molecule has 5 nitrogen and oxygen atoms in total. The Bertz CT molecular complexity index is 1040. The third-order valence-corrected chi connectivity index (χ3v) is 10.7. The monoisotopic (exact) mass is 511 g/mol. The van der Waals surface area contributed by atoms with Crippen LogP contribution >= 0.6 is 0 Å². The number of carbonyl (C=O) groups excluding carboxylic acids is 2. The minimum atomic E-state index is -0.828. The van der Waals surface area contributed by atoms with Gasteiger partial charge in [-0.05, 0) is 80.6 Å². The Hall–Kier alpha value is -2.22. The molecule has 0 unspecified atom stereocenters. The average Bonchev–Trinajstić information content (AvgIpc) is 2.81. The van der Waals surface area contributed by atoms with E-state index in [9.17, 15) is 24.8 Å². The molecule has 2 aliphatic rings. The maximum Gasteiger partial charge on any atom is 0.309 e. The lowest BCUT2D eigenvalue weighted by molar-refractivity contribution is -0.149. The van der Waals surface area contributed by atoms with Crippen molar-refractivity contribution in [3.63, 3.8) is 0 Å². The molecule has 0 aliphatic heterocycles. The number of rotatable bonds is 10. The van der Waals surface area contributed by atoms with Crippen LogP contribution in [0.4, 0.5) is 0 Å². The van der Waals surface area contributed by atoms with Crippen molar-refractivity contribution < 1.29 is 19.5 Å². The topological polar surface area (TPSA) is 95.2 Å². The Morgan fingerprint density at radius 2 is 1.70 bits per heavy atom. The fourth-order valence-corrected chi connectivity index (χ4v) is 6.73. The molecule has 0 saturated heterocycles. The van der Waals surface area contributed by atoms with E-state index in [0.717, 1.165) is 31.3 Å². The van der Waals surface area contributed by atoms with Crippen LogP contribution in [0.1, 0.15) is 114 Å². The third kappa shape index (κ3) is 5.79. The lowest BCUT2D eigenvalue weighted by atomic mass is 9.44. The molecule has 1 fully saturated rings. The van der Waals surface area contributed by atoms with E-state index in [1.165, 1.54) is 0 Å². The van der Waals surface area contributed by atoms with E-state index in [1.54, 1.807) is 13.0 Å². The van der Waals surface area contributed by atoms with Crippen molar-refractivity contribution in [1.82, 2.24) is 0 Å². The highest BCUT2D eigenvalue weighted by molar-refractivity contribution is 6.02. The minimum absolute atomic E-state index is 0.0205. The normalized spacial score (nSPS) is 31.2. The first kappa shape index (κ1) is 31.0. The van der Waals surface area contributed by atoms with E-state index in [-0.39, 0.29) is 39.8 Å². The maximum absolute atomic E-state index is 12.8. The van der Waals surface area contributed by atoms with Crippen LogP contribution in [0.5, 0.6) is 0 Å². The summed E-state index contributed by atoms with van der Waals surface area (Å²) in [6, 6.07) is 2.10. The summed E-state index contributed by atoms with van der Waals surface area (Å²) in [6.45, 7) is 20.5. The standard InChI is InChI=1S/C32H49NO4/c1-11-28(4,5)14-16-30(8,27(36)37)17-15-29(6,7)32(10)13-12-24-22(3)26(35)23(20-33)19-31(24,9)25(32)18-21(2)34/h18-19,22,24H,11-17H2,1-10H3,(H,36,37)/b25-18-/t22-,24-,30-,31-,32+/m0/s1. The van der Waals surface area contributed by atoms with E-state index < -0.39 is 22.2 Å². The van der Waals surface area contributed by atoms with E-state index in [4.69, 9.17) is 0 Å². The van der Waals surface area contributed by atoms with Crippen LogP contribution in [0.25, 0.3) is 0 Å². The molecule has 0 aromatic rings. The Balaban J connectivity index is 2.51. The van der Waals surface area contributed by atoms with Gasteiger partial charge in [-0.1, -0.05) is 73.5 Å². The number of fused-ring (bicyclic) bond motifs is 1. The van der Waals surface area contributed by atoms with E-state index in [1.807, 2.05) is 19.9 Å². The van der Waals surface area contributed by atoms with Gasteiger partial charge in [0.05, 0.1) is 11.0 Å². The molecule has 206 valence electrons. The van der Waals surface area contributed by atoms with Gasteiger partial charge in [0.25, 0.3) is 0 Å². The van der Waals surface area contributed by atoms with Crippen molar-refractivity contribution >= 4 is 17.5 Å². The van der Waals surface area contributed by atoms with Crippen molar-refractivity contribution in [2.45, 2.75) is 114 Å². The number of carboxylic acid groups (broad SMARTS) is 1. The highest BCUT2D eigenvalue weighted by atomic mass is 16.4. The zero-order valence-electron chi connectivity index (χ0n) is 24.9. The van der Waals surface area contributed by atoms with Crippen molar-refractivity contribution in [1.29, 1.82) is 5.26 Å². The number of hydrogen-bond acceptors (Lipinski definition) is 4. The first-order chi connectivity index (χ1) is 16.8. The van der Waals surface area contributed by atoms with Gasteiger partial charge >= 0.3 is 5.97 Å². The highest BCUT2D eigenvalue weighted by Crippen LogP contribution is 2.65. The summed E-state index contributed by atoms with van der Waals surface area (Å²) in [6.07, 6.45) is 8.90. The fraction of sp³-hybridized carbons (Fsp3) is 0.750.